The van der Waals surface area contributed by atoms with E-state index >= 15 is 0 Å². The third-order valence-corrected chi connectivity index (χ3v) is 7.04. The third kappa shape index (κ3) is 6.31. The summed E-state index contributed by atoms with van der Waals surface area (Å²) in [4.78, 5) is 25.2. The molecule has 0 aliphatic heterocycles. The van der Waals surface area contributed by atoms with Crippen molar-refractivity contribution in [3.05, 3.63) is 71.5 Å². The van der Waals surface area contributed by atoms with Crippen LogP contribution in [0.25, 0.3) is 11.1 Å². The minimum absolute atomic E-state index is 0.192. The Morgan fingerprint density at radius 3 is 2.37 bits per heavy atom. The number of aliphatic hydroxyl groups is 2. The van der Waals surface area contributed by atoms with Gasteiger partial charge in [0.05, 0.1) is 23.8 Å². The van der Waals surface area contributed by atoms with E-state index in [-0.39, 0.29) is 17.7 Å². The number of benzene rings is 2. The van der Waals surface area contributed by atoms with E-state index in [0.717, 1.165) is 36.8 Å². The van der Waals surface area contributed by atoms with Crippen molar-refractivity contribution < 1.29 is 29.6 Å². The summed E-state index contributed by atoms with van der Waals surface area (Å²) in [6.07, 6.45) is 3.49. The van der Waals surface area contributed by atoms with Gasteiger partial charge in [-0.05, 0) is 55.0 Å². The maximum Gasteiger partial charge on any atom is 0.338 e. The van der Waals surface area contributed by atoms with Gasteiger partial charge in [0.25, 0.3) is 0 Å². The number of carbonyl (C=O) groups is 2. The van der Waals surface area contributed by atoms with Crippen LogP contribution < -0.4 is 0 Å². The number of rotatable bonds is 11. The van der Waals surface area contributed by atoms with E-state index < -0.39 is 36.0 Å². The molecule has 1 aliphatic carbocycles. The molecule has 2 aromatic carbocycles. The summed E-state index contributed by atoms with van der Waals surface area (Å²) in [5, 5.41) is 31.4. The van der Waals surface area contributed by atoms with E-state index in [9.17, 15) is 24.9 Å². The van der Waals surface area contributed by atoms with E-state index in [1.165, 1.54) is 0 Å². The van der Waals surface area contributed by atoms with E-state index in [1.807, 2.05) is 36.4 Å². The van der Waals surface area contributed by atoms with Crippen LogP contribution in [-0.2, 0) is 9.53 Å². The zero-order chi connectivity index (χ0) is 25.4. The van der Waals surface area contributed by atoms with Gasteiger partial charge in [0.2, 0.25) is 0 Å². The highest BCUT2D eigenvalue weighted by Gasteiger charge is 2.55. The van der Waals surface area contributed by atoms with Crippen molar-refractivity contribution in [2.24, 2.45) is 5.92 Å². The average molecular weight is 481 g/mol. The first-order chi connectivity index (χ1) is 16.8. The zero-order valence-corrected chi connectivity index (χ0v) is 20.6. The highest BCUT2D eigenvalue weighted by molar-refractivity contribution is 5.91. The molecule has 35 heavy (non-hydrogen) atoms. The molecule has 0 radical (unpaired) electrons. The van der Waals surface area contributed by atoms with Gasteiger partial charge in [-0.1, -0.05) is 68.7 Å². The smallest absolute Gasteiger partial charge is 0.338 e. The van der Waals surface area contributed by atoms with Crippen LogP contribution in [-0.4, -0.2) is 39.0 Å². The fourth-order valence-electron chi connectivity index (χ4n) is 5.09. The molecule has 3 atom stereocenters. The van der Waals surface area contributed by atoms with Gasteiger partial charge < -0.3 is 20.1 Å². The van der Waals surface area contributed by atoms with Crippen LogP contribution in [0.2, 0.25) is 0 Å². The van der Waals surface area contributed by atoms with Crippen molar-refractivity contribution in [1.82, 2.24) is 0 Å². The van der Waals surface area contributed by atoms with E-state index in [0.29, 0.717) is 18.4 Å². The summed E-state index contributed by atoms with van der Waals surface area (Å²) in [5.74, 6) is -2.25. The Morgan fingerprint density at radius 1 is 0.971 bits per heavy atom. The van der Waals surface area contributed by atoms with Crippen molar-refractivity contribution in [3.8, 4) is 11.1 Å². The number of unbranched alkanes of at least 4 members (excludes halogenated alkanes) is 3. The normalized spacial score (nSPS) is 22.5. The van der Waals surface area contributed by atoms with Gasteiger partial charge in [0, 0.05) is 12.3 Å². The predicted molar refractivity (Wildman–Crippen MR) is 135 cm³/mol. The number of ether oxygens (including phenoxy) is 1. The predicted octanol–water partition coefficient (Wildman–Crippen LogP) is 6.30. The molecule has 0 amide bonds. The van der Waals surface area contributed by atoms with Crippen LogP contribution in [0.5, 0.6) is 0 Å². The van der Waals surface area contributed by atoms with Crippen LogP contribution in [0.3, 0.4) is 0 Å². The molecule has 6 nitrogen and oxygen atoms in total. The molecular formula is C29H36O6. The Labute approximate surface area is 207 Å². The summed E-state index contributed by atoms with van der Waals surface area (Å²) in [6.45, 7) is 3.86. The summed E-state index contributed by atoms with van der Waals surface area (Å²) < 4.78 is 5.91. The van der Waals surface area contributed by atoms with E-state index in [2.05, 4.69) is 6.92 Å². The lowest BCUT2D eigenvalue weighted by Gasteiger charge is -2.37. The molecule has 2 aromatic rings. The molecule has 188 valence electrons. The second kappa shape index (κ2) is 12.0. The lowest BCUT2D eigenvalue weighted by molar-refractivity contribution is -0.150. The second-order valence-electron chi connectivity index (χ2n) is 9.45. The standard InChI is InChI=1S/C29H36O6/c1-3-4-5-9-15-25(30)20(2)24-16-17-26(31)29(24,19-27(32)33)35-28(34)23-14-10-13-22(18-23)21-11-7-6-8-12-21/h6-8,10-14,18,24,26,30-31H,3-5,9,15-17,19H2,1-2H3,(H,32,33)/t24-,26+,29+/m1/s1. The largest absolute Gasteiger partial charge is 0.512 e. The zero-order valence-electron chi connectivity index (χ0n) is 20.6. The molecule has 0 spiro atoms. The molecule has 3 N–H and O–H groups in total. The highest BCUT2D eigenvalue weighted by atomic mass is 16.6. The first-order valence-corrected chi connectivity index (χ1v) is 12.5. The fourth-order valence-corrected chi connectivity index (χ4v) is 5.09. The summed E-state index contributed by atoms with van der Waals surface area (Å²) in [5.41, 5.74) is 0.988. The first kappa shape index (κ1) is 26.5. The Bertz CT molecular complexity index is 1040. The van der Waals surface area contributed by atoms with Crippen LogP contribution in [0, 0.1) is 5.92 Å². The quantitative estimate of drug-likeness (QED) is 0.198. The number of carboxylic acid groups (broad SMARTS) is 1. The van der Waals surface area contributed by atoms with Crippen molar-refractivity contribution in [3.63, 3.8) is 0 Å². The molecule has 1 aliphatic rings. The monoisotopic (exact) mass is 480 g/mol. The molecule has 0 saturated heterocycles. The Morgan fingerprint density at radius 2 is 1.69 bits per heavy atom. The van der Waals surface area contributed by atoms with Gasteiger partial charge in [0.15, 0.2) is 5.60 Å². The Balaban J connectivity index is 1.90. The van der Waals surface area contributed by atoms with Crippen molar-refractivity contribution in [1.29, 1.82) is 0 Å². The number of carbonyl (C=O) groups excluding carboxylic acids is 1. The van der Waals surface area contributed by atoms with Crippen molar-refractivity contribution in [2.45, 2.75) is 76.9 Å². The molecule has 0 bridgehead atoms. The van der Waals surface area contributed by atoms with Crippen LogP contribution in [0.1, 0.15) is 75.6 Å². The third-order valence-electron chi connectivity index (χ3n) is 7.04. The van der Waals surface area contributed by atoms with Crippen LogP contribution in [0.4, 0.5) is 0 Å². The average Bonchev–Trinajstić information content (AvgIpc) is 3.16. The summed E-state index contributed by atoms with van der Waals surface area (Å²) in [6, 6.07) is 16.6. The number of hydrogen-bond donors (Lipinski definition) is 3. The van der Waals surface area contributed by atoms with E-state index in [1.54, 1.807) is 25.1 Å². The topological polar surface area (TPSA) is 104 Å². The number of aliphatic carboxylic acids is 1. The molecule has 0 aromatic heterocycles. The number of carboxylic acids is 1. The Kier molecular flexibility index (Phi) is 9.10. The number of hydrogen-bond acceptors (Lipinski definition) is 5. The van der Waals surface area contributed by atoms with Crippen LogP contribution in [0.15, 0.2) is 65.9 Å². The molecular weight excluding hydrogens is 444 g/mol. The molecule has 0 unspecified atom stereocenters. The molecule has 3 rings (SSSR count). The minimum atomic E-state index is -1.65. The number of aliphatic hydroxyl groups excluding tert-OH is 2. The van der Waals surface area contributed by atoms with Gasteiger partial charge in [-0.15, -0.1) is 0 Å². The minimum Gasteiger partial charge on any atom is -0.512 e. The fraction of sp³-hybridized carbons (Fsp3) is 0.448. The second-order valence-corrected chi connectivity index (χ2v) is 9.45. The molecule has 0 heterocycles. The van der Waals surface area contributed by atoms with Crippen molar-refractivity contribution in [2.75, 3.05) is 0 Å². The first-order valence-electron chi connectivity index (χ1n) is 12.5. The molecule has 1 fully saturated rings. The Hall–Kier alpha value is -3.12. The molecule has 6 heteroatoms. The lowest BCUT2D eigenvalue weighted by Crippen LogP contribution is -2.49. The van der Waals surface area contributed by atoms with Gasteiger partial charge in [-0.25, -0.2) is 4.79 Å². The van der Waals surface area contributed by atoms with Gasteiger partial charge in [-0.3, -0.25) is 4.79 Å². The van der Waals surface area contributed by atoms with Gasteiger partial charge in [0.1, 0.15) is 0 Å². The lowest BCUT2D eigenvalue weighted by atomic mass is 9.80. The maximum atomic E-state index is 13.3. The maximum absolute atomic E-state index is 13.3. The highest BCUT2D eigenvalue weighted by Crippen LogP contribution is 2.47. The summed E-state index contributed by atoms with van der Waals surface area (Å²) >= 11 is 0. The van der Waals surface area contributed by atoms with Crippen molar-refractivity contribution >= 4 is 11.9 Å². The SMILES string of the molecule is CCCCCCC(O)=C(C)[C@H]1CC[C@H](O)[C@@]1(CC(=O)O)OC(=O)c1cccc(-c2ccccc2)c1. The van der Waals surface area contributed by atoms with Crippen LogP contribution >= 0.6 is 0 Å². The van der Waals surface area contributed by atoms with E-state index in [4.69, 9.17) is 4.74 Å². The number of esters is 1. The van der Waals surface area contributed by atoms with Gasteiger partial charge in [-0.2, -0.15) is 0 Å². The summed E-state index contributed by atoms with van der Waals surface area (Å²) in [7, 11) is 0. The van der Waals surface area contributed by atoms with Gasteiger partial charge >= 0.3 is 11.9 Å². The molecule has 1 saturated carbocycles. The number of allylic oxidation sites excluding steroid dienone is 1.